The average Bonchev–Trinajstić information content (AvgIpc) is 3.23. The van der Waals surface area contributed by atoms with Crippen LogP contribution in [0.25, 0.3) is 76.5 Å². The molecule has 0 radical (unpaired) electrons. The van der Waals surface area contributed by atoms with Crippen molar-refractivity contribution in [3.63, 3.8) is 0 Å². The summed E-state index contributed by atoms with van der Waals surface area (Å²) in [6, 6.07) is 65.1. The second-order valence-corrected chi connectivity index (χ2v) is 13.3. The minimum absolute atomic E-state index is 0.657. The van der Waals surface area contributed by atoms with Crippen molar-refractivity contribution < 1.29 is 0 Å². The van der Waals surface area contributed by atoms with Crippen molar-refractivity contribution in [2.45, 2.75) is 6.92 Å². The summed E-state index contributed by atoms with van der Waals surface area (Å²) in [4.78, 5) is 9.79. The molecule has 0 aliphatic heterocycles. The Morgan fingerprint density at radius 3 is 1.64 bits per heavy atom. The Morgan fingerprint density at radius 2 is 0.981 bits per heavy atom. The largest absolute Gasteiger partial charge is 0.237 e. The monoisotopic (exact) mass is 676 g/mol. The van der Waals surface area contributed by atoms with Crippen LogP contribution in [0.1, 0.15) is 18.1 Å². The van der Waals surface area contributed by atoms with Gasteiger partial charge in [0.05, 0.1) is 0 Å². The summed E-state index contributed by atoms with van der Waals surface area (Å²) in [5.41, 5.74) is 9.19. The summed E-state index contributed by atoms with van der Waals surface area (Å²) >= 11 is 0. The lowest BCUT2D eigenvalue weighted by atomic mass is 9.85. The lowest BCUT2D eigenvalue weighted by Crippen LogP contribution is -1.99. The van der Waals surface area contributed by atoms with E-state index in [1.54, 1.807) is 0 Å². The fraction of sp³-hybridized carbons (Fsp3) is 0.0196. The van der Waals surface area contributed by atoms with Crippen LogP contribution in [-0.4, -0.2) is 12.1 Å². The molecule has 53 heavy (non-hydrogen) atoms. The van der Waals surface area contributed by atoms with Crippen LogP contribution in [0.2, 0.25) is 0 Å². The second kappa shape index (κ2) is 14.0. The Hall–Kier alpha value is -6.90. The summed E-state index contributed by atoms with van der Waals surface area (Å²) in [7, 11) is 0. The smallest absolute Gasteiger partial charge is 0.159 e. The minimum Gasteiger partial charge on any atom is -0.237 e. The van der Waals surface area contributed by atoms with Crippen molar-refractivity contribution in [3.05, 3.63) is 205 Å². The van der Waals surface area contributed by atoms with Crippen molar-refractivity contribution in [2.24, 2.45) is 9.98 Å². The number of rotatable bonds is 6. The van der Waals surface area contributed by atoms with Gasteiger partial charge in [0.1, 0.15) is 0 Å². The minimum atomic E-state index is 0.657. The maximum Gasteiger partial charge on any atom is 0.159 e. The van der Waals surface area contributed by atoms with E-state index < -0.39 is 0 Å². The molecule has 0 fully saturated rings. The SMILES string of the molecule is C/C=C\N=C(N=Cc1ccc(-c2cc3ccccc3c3ccccc23)cc1)c1cccc(-c2c3ccccc3c(-c3ccccc3)c3ccccc23)c1. The van der Waals surface area contributed by atoms with Crippen LogP contribution < -0.4 is 0 Å². The summed E-state index contributed by atoms with van der Waals surface area (Å²) in [6.45, 7) is 1.98. The maximum atomic E-state index is 4.98. The quantitative estimate of drug-likeness (QED) is 0.0725. The van der Waals surface area contributed by atoms with Gasteiger partial charge in [-0.25, -0.2) is 9.98 Å². The molecule has 0 N–H and O–H groups in total. The molecular formula is C51H36N2. The Kier molecular flexibility index (Phi) is 8.47. The third-order valence-corrected chi connectivity index (χ3v) is 10.1. The summed E-state index contributed by atoms with van der Waals surface area (Å²) in [6.07, 6.45) is 5.66. The van der Waals surface area contributed by atoms with Gasteiger partial charge in [0.15, 0.2) is 5.84 Å². The zero-order valence-electron chi connectivity index (χ0n) is 29.4. The number of allylic oxidation sites excluding steroid dienone is 1. The summed E-state index contributed by atoms with van der Waals surface area (Å²) in [5.74, 6) is 0.657. The molecule has 9 aromatic rings. The normalized spacial score (nSPS) is 12.2. The van der Waals surface area contributed by atoms with E-state index >= 15 is 0 Å². The maximum absolute atomic E-state index is 4.98. The van der Waals surface area contributed by atoms with Gasteiger partial charge in [0.2, 0.25) is 0 Å². The number of fused-ring (bicyclic) bond motifs is 5. The Balaban J connectivity index is 1.10. The highest BCUT2D eigenvalue weighted by molar-refractivity contribution is 6.22. The highest BCUT2D eigenvalue weighted by Crippen LogP contribution is 2.43. The van der Waals surface area contributed by atoms with Gasteiger partial charge in [-0.15, -0.1) is 0 Å². The Bertz CT molecular complexity index is 2820. The van der Waals surface area contributed by atoms with Gasteiger partial charge in [0.25, 0.3) is 0 Å². The lowest BCUT2D eigenvalue weighted by molar-refractivity contribution is 1.45. The summed E-state index contributed by atoms with van der Waals surface area (Å²) < 4.78 is 0. The highest BCUT2D eigenvalue weighted by Gasteiger charge is 2.17. The zero-order chi connectivity index (χ0) is 35.6. The molecule has 0 saturated heterocycles. The number of hydrogen-bond acceptors (Lipinski definition) is 1. The van der Waals surface area contributed by atoms with Gasteiger partial charge in [-0.2, -0.15) is 0 Å². The number of hydrogen-bond donors (Lipinski definition) is 0. The predicted octanol–water partition coefficient (Wildman–Crippen LogP) is 13.7. The first-order valence-electron chi connectivity index (χ1n) is 18.1. The molecule has 0 aliphatic carbocycles. The second-order valence-electron chi connectivity index (χ2n) is 13.3. The molecule has 9 aromatic carbocycles. The molecule has 0 amide bonds. The van der Waals surface area contributed by atoms with E-state index in [1.165, 1.54) is 70.9 Å². The van der Waals surface area contributed by atoms with E-state index in [-0.39, 0.29) is 0 Å². The molecule has 0 unspecified atom stereocenters. The molecular weight excluding hydrogens is 641 g/mol. The lowest BCUT2D eigenvalue weighted by Gasteiger charge is -2.18. The van der Waals surface area contributed by atoms with Crippen molar-refractivity contribution in [1.82, 2.24) is 0 Å². The standard InChI is InChI=1S/C51H36N2/c1-2-31-52-51(53-34-35-27-29-36(30-28-35)48-33-38-17-6-7-20-41(38)42-21-8-9-22-43(42)48)40-19-14-18-39(32-40)50-46-25-12-10-23-44(46)49(37-15-4-3-5-16-37)45-24-11-13-26-47(45)50/h2-34H,1H3/b31-2-,52-51?,53-34?. The van der Waals surface area contributed by atoms with Crippen LogP contribution in [0.4, 0.5) is 0 Å². The average molecular weight is 677 g/mol. The van der Waals surface area contributed by atoms with Gasteiger partial charge < -0.3 is 0 Å². The van der Waals surface area contributed by atoms with Crippen LogP contribution >= 0.6 is 0 Å². The molecule has 0 spiro atoms. The van der Waals surface area contributed by atoms with Gasteiger partial charge >= 0.3 is 0 Å². The van der Waals surface area contributed by atoms with Gasteiger partial charge in [-0.05, 0) is 101 Å². The fourth-order valence-corrected chi connectivity index (χ4v) is 7.67. The van der Waals surface area contributed by atoms with E-state index in [0.717, 1.165) is 16.7 Å². The molecule has 2 nitrogen and oxygen atoms in total. The van der Waals surface area contributed by atoms with Gasteiger partial charge in [-0.3, -0.25) is 0 Å². The molecule has 250 valence electrons. The number of nitrogens with zero attached hydrogens (tertiary/aromatic N) is 2. The first kappa shape index (κ1) is 32.0. The van der Waals surface area contributed by atoms with Crippen LogP contribution in [0.15, 0.2) is 204 Å². The molecule has 0 bridgehead atoms. The van der Waals surface area contributed by atoms with E-state index in [0.29, 0.717) is 5.84 Å². The first-order chi connectivity index (χ1) is 26.3. The fourth-order valence-electron chi connectivity index (χ4n) is 7.67. The topological polar surface area (TPSA) is 24.7 Å². The molecule has 0 saturated carbocycles. The van der Waals surface area contributed by atoms with Crippen LogP contribution in [-0.2, 0) is 0 Å². The number of benzene rings is 9. The van der Waals surface area contributed by atoms with Crippen LogP contribution in [0.3, 0.4) is 0 Å². The molecule has 0 atom stereocenters. The van der Waals surface area contributed by atoms with Crippen molar-refractivity contribution in [2.75, 3.05) is 0 Å². The van der Waals surface area contributed by atoms with E-state index in [4.69, 9.17) is 9.98 Å². The van der Waals surface area contributed by atoms with Crippen molar-refractivity contribution >= 4 is 55.1 Å². The van der Waals surface area contributed by atoms with Crippen molar-refractivity contribution in [3.8, 4) is 33.4 Å². The van der Waals surface area contributed by atoms with Crippen LogP contribution in [0, 0.1) is 0 Å². The molecule has 9 rings (SSSR count). The molecule has 0 heterocycles. The molecule has 0 aromatic heterocycles. The number of aliphatic imine (C=N–C) groups is 2. The zero-order valence-corrected chi connectivity index (χ0v) is 29.4. The summed E-state index contributed by atoms with van der Waals surface area (Å²) in [5, 5.41) is 9.95. The molecule has 0 aliphatic rings. The van der Waals surface area contributed by atoms with Crippen molar-refractivity contribution in [1.29, 1.82) is 0 Å². The number of amidine groups is 1. The third kappa shape index (κ3) is 6.01. The van der Waals surface area contributed by atoms with E-state index in [9.17, 15) is 0 Å². The van der Waals surface area contributed by atoms with E-state index in [1.807, 2.05) is 25.4 Å². The predicted molar refractivity (Wildman–Crippen MR) is 228 cm³/mol. The Labute approximate surface area is 309 Å². The van der Waals surface area contributed by atoms with E-state index in [2.05, 4.69) is 182 Å². The third-order valence-electron chi connectivity index (χ3n) is 10.1. The highest BCUT2D eigenvalue weighted by atomic mass is 14.9. The van der Waals surface area contributed by atoms with Crippen LogP contribution in [0.5, 0.6) is 0 Å². The van der Waals surface area contributed by atoms with Gasteiger partial charge in [-0.1, -0.05) is 176 Å². The molecule has 2 heteroatoms. The Morgan fingerprint density at radius 1 is 0.434 bits per heavy atom. The first-order valence-corrected chi connectivity index (χ1v) is 18.1. The van der Waals surface area contributed by atoms with Gasteiger partial charge in [0, 0.05) is 18.0 Å².